The first kappa shape index (κ1) is 14.8. The molecule has 0 spiro atoms. The van der Waals surface area contributed by atoms with Gasteiger partial charge in [0, 0.05) is 19.7 Å². The third-order valence-electron chi connectivity index (χ3n) is 3.60. The summed E-state index contributed by atoms with van der Waals surface area (Å²) in [5, 5.41) is 18.8. The molecule has 1 aromatic heterocycles. The van der Waals surface area contributed by atoms with Crippen molar-refractivity contribution in [3.8, 4) is 0 Å². The summed E-state index contributed by atoms with van der Waals surface area (Å²) in [6, 6.07) is 0.232. The number of nitrogens with one attached hydrogen (secondary N) is 1. The van der Waals surface area contributed by atoms with Gasteiger partial charge in [-0.3, -0.25) is 10.1 Å². The van der Waals surface area contributed by atoms with E-state index in [-0.39, 0.29) is 22.8 Å². The van der Waals surface area contributed by atoms with Crippen LogP contribution in [-0.4, -0.2) is 33.5 Å². The van der Waals surface area contributed by atoms with E-state index in [0.29, 0.717) is 24.5 Å². The van der Waals surface area contributed by atoms with Crippen molar-refractivity contribution >= 4 is 11.5 Å². The Kier molecular flexibility index (Phi) is 4.59. The molecule has 1 N–H and O–H groups in total. The van der Waals surface area contributed by atoms with E-state index >= 15 is 0 Å². The fourth-order valence-corrected chi connectivity index (χ4v) is 2.58. The average molecular weight is 282 g/mol. The van der Waals surface area contributed by atoms with Gasteiger partial charge < -0.3 is 10.1 Å². The number of ether oxygens (including phenoxy) is 1. The molecule has 0 saturated heterocycles. The Morgan fingerprint density at radius 2 is 2.20 bits per heavy atom. The molecule has 0 amide bonds. The lowest BCUT2D eigenvalue weighted by Gasteiger charge is -2.35. The predicted molar refractivity (Wildman–Crippen MR) is 75.9 cm³/mol. The quantitative estimate of drug-likeness (QED) is 0.612. The van der Waals surface area contributed by atoms with Crippen LogP contribution >= 0.6 is 0 Å². The van der Waals surface area contributed by atoms with Crippen LogP contribution in [0.2, 0.25) is 0 Å². The molecule has 112 valence electrons. The molecular formula is C13H22N4O3. The van der Waals surface area contributed by atoms with Crippen LogP contribution in [0.25, 0.3) is 0 Å². The molecule has 1 saturated carbocycles. The van der Waals surface area contributed by atoms with E-state index in [9.17, 15) is 10.1 Å². The van der Waals surface area contributed by atoms with Crippen LogP contribution in [0.5, 0.6) is 0 Å². The van der Waals surface area contributed by atoms with Crippen molar-refractivity contribution < 1.29 is 9.66 Å². The number of hydrogen-bond donors (Lipinski definition) is 1. The summed E-state index contributed by atoms with van der Waals surface area (Å²) >= 11 is 0. The fraction of sp³-hybridized carbons (Fsp3) is 0.769. The largest absolute Gasteiger partial charge is 0.378 e. The number of nitro groups is 1. The molecule has 0 bridgehead atoms. The summed E-state index contributed by atoms with van der Waals surface area (Å²) in [7, 11) is 1.74. The van der Waals surface area contributed by atoms with Gasteiger partial charge in [0.2, 0.25) is 5.82 Å². The molecule has 7 heteroatoms. The molecule has 0 unspecified atom stereocenters. The first-order valence-corrected chi connectivity index (χ1v) is 7.15. The molecule has 1 aliphatic rings. The molecule has 7 nitrogen and oxygen atoms in total. The third kappa shape index (κ3) is 2.92. The van der Waals surface area contributed by atoms with Crippen molar-refractivity contribution in [2.24, 2.45) is 7.05 Å². The highest BCUT2D eigenvalue weighted by Gasteiger charge is 2.34. The van der Waals surface area contributed by atoms with E-state index < -0.39 is 0 Å². The molecule has 0 radical (unpaired) electrons. The Morgan fingerprint density at radius 3 is 2.75 bits per heavy atom. The minimum Gasteiger partial charge on any atom is -0.378 e. The minimum absolute atomic E-state index is 0.120. The van der Waals surface area contributed by atoms with Gasteiger partial charge in [-0.1, -0.05) is 13.3 Å². The van der Waals surface area contributed by atoms with Gasteiger partial charge in [0.25, 0.3) is 0 Å². The summed E-state index contributed by atoms with van der Waals surface area (Å²) in [6.07, 6.45) is 3.52. The van der Waals surface area contributed by atoms with Crippen molar-refractivity contribution in [1.82, 2.24) is 9.78 Å². The lowest BCUT2D eigenvalue weighted by molar-refractivity contribution is -0.384. The predicted octanol–water partition coefficient (Wildman–Crippen LogP) is 2.26. The van der Waals surface area contributed by atoms with Gasteiger partial charge in [-0.05, 0) is 26.2 Å². The Morgan fingerprint density at radius 1 is 1.50 bits per heavy atom. The molecule has 0 atom stereocenters. The molecular weight excluding hydrogens is 260 g/mol. The highest BCUT2D eigenvalue weighted by molar-refractivity contribution is 5.60. The second kappa shape index (κ2) is 6.21. The molecule has 1 fully saturated rings. The van der Waals surface area contributed by atoms with Crippen LogP contribution in [-0.2, 0) is 18.2 Å². The van der Waals surface area contributed by atoms with Gasteiger partial charge in [0.1, 0.15) is 5.69 Å². The average Bonchev–Trinajstić information content (AvgIpc) is 2.63. The minimum atomic E-state index is -0.334. The standard InChI is InChI=1S/C13H22N4O3/c1-4-6-11-12(17(18)19)13(16(3)15-11)14-9-7-10(8-9)20-5-2/h9-10,14H,4-8H2,1-3H3. The number of hydrogen-bond acceptors (Lipinski definition) is 5. The number of rotatable bonds is 7. The summed E-state index contributed by atoms with van der Waals surface area (Å²) in [5.74, 6) is 0.512. The first-order valence-electron chi connectivity index (χ1n) is 7.15. The molecule has 2 rings (SSSR count). The van der Waals surface area contributed by atoms with Crippen LogP contribution in [0.1, 0.15) is 38.8 Å². The van der Waals surface area contributed by atoms with Crippen molar-refractivity contribution in [3.05, 3.63) is 15.8 Å². The zero-order chi connectivity index (χ0) is 14.7. The van der Waals surface area contributed by atoms with E-state index in [0.717, 1.165) is 19.3 Å². The normalized spacial score (nSPS) is 21.6. The highest BCUT2D eigenvalue weighted by Crippen LogP contribution is 2.33. The van der Waals surface area contributed by atoms with E-state index in [1.165, 1.54) is 0 Å². The molecule has 20 heavy (non-hydrogen) atoms. The maximum absolute atomic E-state index is 11.3. The first-order chi connectivity index (χ1) is 9.56. The number of nitrogens with zero attached hydrogens (tertiary/aromatic N) is 3. The third-order valence-corrected chi connectivity index (χ3v) is 3.60. The van der Waals surface area contributed by atoms with Crippen LogP contribution in [0.4, 0.5) is 11.5 Å². The molecule has 1 aromatic rings. The second-order valence-electron chi connectivity index (χ2n) is 5.16. The zero-order valence-electron chi connectivity index (χ0n) is 12.3. The van der Waals surface area contributed by atoms with Crippen molar-refractivity contribution in [2.75, 3.05) is 11.9 Å². The number of aromatic nitrogens is 2. The van der Waals surface area contributed by atoms with Crippen molar-refractivity contribution in [2.45, 2.75) is 51.7 Å². The summed E-state index contributed by atoms with van der Waals surface area (Å²) in [6.45, 7) is 4.68. The molecule has 1 heterocycles. The highest BCUT2D eigenvalue weighted by atomic mass is 16.6. The Labute approximate surface area is 118 Å². The SMILES string of the molecule is CCCc1nn(C)c(NC2CC(OCC)C2)c1[N+](=O)[O-]. The summed E-state index contributed by atoms with van der Waals surface area (Å²) < 4.78 is 7.08. The Bertz CT molecular complexity index is 480. The van der Waals surface area contributed by atoms with Crippen LogP contribution in [0, 0.1) is 10.1 Å². The van der Waals surface area contributed by atoms with Gasteiger partial charge >= 0.3 is 5.69 Å². The molecule has 0 aliphatic heterocycles. The topological polar surface area (TPSA) is 82.2 Å². The lowest BCUT2D eigenvalue weighted by Crippen LogP contribution is -2.41. The second-order valence-corrected chi connectivity index (χ2v) is 5.16. The van der Waals surface area contributed by atoms with Gasteiger partial charge in [0.15, 0.2) is 0 Å². The number of anilines is 1. The zero-order valence-corrected chi connectivity index (χ0v) is 12.3. The van der Waals surface area contributed by atoms with Crippen LogP contribution < -0.4 is 5.32 Å². The maximum atomic E-state index is 11.3. The molecule has 1 aliphatic carbocycles. The lowest BCUT2D eigenvalue weighted by atomic mass is 9.89. The van der Waals surface area contributed by atoms with Gasteiger partial charge in [-0.2, -0.15) is 5.10 Å². The van der Waals surface area contributed by atoms with E-state index in [1.54, 1.807) is 11.7 Å². The number of aryl methyl sites for hydroxylation is 2. The van der Waals surface area contributed by atoms with E-state index in [1.807, 2.05) is 13.8 Å². The monoisotopic (exact) mass is 282 g/mol. The molecule has 0 aromatic carbocycles. The van der Waals surface area contributed by atoms with Crippen molar-refractivity contribution in [3.63, 3.8) is 0 Å². The Balaban J connectivity index is 2.09. The van der Waals surface area contributed by atoms with Crippen LogP contribution in [0.15, 0.2) is 0 Å². The summed E-state index contributed by atoms with van der Waals surface area (Å²) in [5.41, 5.74) is 0.678. The maximum Gasteiger partial charge on any atom is 0.333 e. The van der Waals surface area contributed by atoms with Gasteiger partial charge in [-0.25, -0.2) is 4.68 Å². The summed E-state index contributed by atoms with van der Waals surface area (Å²) in [4.78, 5) is 10.9. The smallest absolute Gasteiger partial charge is 0.333 e. The Hall–Kier alpha value is -1.63. The van der Waals surface area contributed by atoms with Gasteiger partial charge in [-0.15, -0.1) is 0 Å². The van der Waals surface area contributed by atoms with E-state index in [2.05, 4.69) is 10.4 Å². The van der Waals surface area contributed by atoms with Crippen LogP contribution in [0.3, 0.4) is 0 Å². The fourth-order valence-electron chi connectivity index (χ4n) is 2.58. The van der Waals surface area contributed by atoms with Gasteiger partial charge in [0.05, 0.1) is 11.0 Å². The van der Waals surface area contributed by atoms with E-state index in [4.69, 9.17) is 4.74 Å². The van der Waals surface area contributed by atoms with Crippen molar-refractivity contribution in [1.29, 1.82) is 0 Å².